The van der Waals surface area contributed by atoms with E-state index in [0.717, 1.165) is 0 Å². The Kier molecular flexibility index (Phi) is 5.77. The highest BCUT2D eigenvalue weighted by Crippen LogP contribution is 2.31. The van der Waals surface area contributed by atoms with Crippen molar-refractivity contribution in [1.82, 2.24) is 4.98 Å². The molecule has 2 heterocycles. The van der Waals surface area contributed by atoms with Crippen LogP contribution in [0.5, 0.6) is 5.75 Å². The van der Waals surface area contributed by atoms with E-state index in [1.165, 1.54) is 12.3 Å². The van der Waals surface area contributed by atoms with E-state index in [9.17, 15) is 9.59 Å². The minimum atomic E-state index is -0.805. The van der Waals surface area contributed by atoms with Gasteiger partial charge in [-0.2, -0.15) is 0 Å². The fourth-order valence-electron chi connectivity index (χ4n) is 2.07. The second kappa shape index (κ2) is 8.60. The van der Waals surface area contributed by atoms with Crippen molar-refractivity contribution in [2.45, 2.75) is 6.61 Å². The number of anilines is 2. The van der Waals surface area contributed by atoms with Crippen LogP contribution in [0.15, 0.2) is 66.5 Å². The number of ether oxygens (including phenoxy) is 1. The second-order valence-electron chi connectivity index (χ2n) is 5.36. The predicted octanol–water partition coefficient (Wildman–Crippen LogP) is 2.10. The summed E-state index contributed by atoms with van der Waals surface area (Å²) in [5.41, 5.74) is 11.8. The number of nitrogens with two attached hydrogens (primary N) is 2. The zero-order valence-corrected chi connectivity index (χ0v) is 14.5. The van der Waals surface area contributed by atoms with Gasteiger partial charge in [0.1, 0.15) is 35.8 Å². The molecule has 0 aliphatic rings. The van der Waals surface area contributed by atoms with Crippen molar-refractivity contribution in [3.8, 4) is 5.75 Å². The molecule has 0 unspecified atom stereocenters. The Morgan fingerprint density at radius 2 is 1.96 bits per heavy atom. The van der Waals surface area contributed by atoms with Crippen molar-refractivity contribution in [3.63, 3.8) is 0 Å². The summed E-state index contributed by atoms with van der Waals surface area (Å²) < 4.78 is 14.9. The van der Waals surface area contributed by atoms with E-state index in [2.05, 4.69) is 24.9 Å². The lowest BCUT2D eigenvalue weighted by Gasteiger charge is -2.06. The molecule has 28 heavy (non-hydrogen) atoms. The molecule has 1 amide bonds. The number of hydrogen-bond donors (Lipinski definition) is 3. The van der Waals surface area contributed by atoms with Gasteiger partial charge in [0.15, 0.2) is 11.6 Å². The molecule has 11 heteroatoms. The highest BCUT2D eigenvalue weighted by atomic mass is 16.6. The quantitative estimate of drug-likeness (QED) is 0.519. The Morgan fingerprint density at radius 1 is 1.18 bits per heavy atom. The van der Waals surface area contributed by atoms with Gasteiger partial charge in [-0.05, 0) is 24.3 Å². The maximum atomic E-state index is 11.3. The van der Waals surface area contributed by atoms with Crippen LogP contribution in [0.3, 0.4) is 0 Å². The van der Waals surface area contributed by atoms with Crippen molar-refractivity contribution in [1.29, 1.82) is 0 Å². The van der Waals surface area contributed by atoms with E-state index in [1.54, 1.807) is 30.3 Å². The lowest BCUT2D eigenvalue weighted by Crippen LogP contribution is -2.22. The van der Waals surface area contributed by atoms with Crippen molar-refractivity contribution in [2.24, 2.45) is 16.0 Å². The van der Waals surface area contributed by atoms with Gasteiger partial charge in [-0.15, -0.1) is 10.2 Å². The molecule has 0 bridgehead atoms. The monoisotopic (exact) mass is 384 g/mol. The third-order valence-electron chi connectivity index (χ3n) is 3.36. The fraction of sp³-hybridized carbons (Fsp3) is 0.118. The number of pyridine rings is 1. The molecule has 3 aromatic rings. The number of aromatic nitrogens is 1. The van der Waals surface area contributed by atoms with Gasteiger partial charge in [0.25, 0.3) is 0 Å². The summed E-state index contributed by atoms with van der Waals surface area (Å²) in [6.45, 7) is -0.181. The lowest BCUT2D eigenvalue weighted by atomic mass is 10.3. The smallest absolute Gasteiger partial charge is 0.483 e. The minimum Gasteiger partial charge on any atom is -0.483 e. The molecule has 0 atom stereocenters. The van der Waals surface area contributed by atoms with Crippen LogP contribution in [0.2, 0.25) is 0 Å². The average molecular weight is 384 g/mol. The molecule has 144 valence electrons. The van der Waals surface area contributed by atoms with Crippen LogP contribution in [0.4, 0.5) is 23.0 Å². The Bertz CT molecular complexity index is 1060. The number of benzene rings is 1. The number of hydrogen-bond acceptors (Lipinski definition) is 10. The van der Waals surface area contributed by atoms with Gasteiger partial charge in [0.05, 0.1) is 6.54 Å². The maximum Gasteiger partial charge on any atom is 0.518 e. The first-order valence-electron chi connectivity index (χ1n) is 8.02. The normalized spacial score (nSPS) is 10.9. The molecule has 0 saturated carbocycles. The summed E-state index contributed by atoms with van der Waals surface area (Å²) in [5, 5.41) is 10.7. The largest absolute Gasteiger partial charge is 0.518 e. The first-order chi connectivity index (χ1) is 13.5. The molecule has 2 aromatic heterocycles. The summed E-state index contributed by atoms with van der Waals surface area (Å²) in [5.74, 6) is -0.204. The van der Waals surface area contributed by atoms with Crippen LogP contribution in [-0.4, -0.2) is 17.4 Å². The number of azo groups is 1. The summed E-state index contributed by atoms with van der Waals surface area (Å²) in [4.78, 5) is 26.2. The SMILES string of the molecule is NCC(=O)Nc1ccc(N=Nc2ccccc2OCc2coc(=O)o2)c(N)n1. The molecule has 11 nitrogen and oxygen atoms in total. The second-order valence-corrected chi connectivity index (χ2v) is 5.36. The summed E-state index contributed by atoms with van der Waals surface area (Å²) in [6.07, 6.45) is 1.17. The Hall–Kier alpha value is -3.99. The molecular formula is C17H16N6O5. The predicted molar refractivity (Wildman–Crippen MR) is 98.5 cm³/mol. The number of nitrogen functional groups attached to an aromatic ring is 1. The van der Waals surface area contributed by atoms with Crippen molar-refractivity contribution >= 4 is 28.9 Å². The fourth-order valence-corrected chi connectivity index (χ4v) is 2.07. The molecular weight excluding hydrogens is 368 g/mol. The topological polar surface area (TPSA) is 171 Å². The number of rotatable bonds is 7. The van der Waals surface area contributed by atoms with Crippen LogP contribution in [0.25, 0.3) is 0 Å². The van der Waals surface area contributed by atoms with E-state index in [4.69, 9.17) is 20.6 Å². The van der Waals surface area contributed by atoms with Gasteiger partial charge >= 0.3 is 5.82 Å². The number of amides is 1. The average Bonchev–Trinajstić information content (AvgIpc) is 3.11. The molecule has 0 aliphatic carbocycles. The third kappa shape index (κ3) is 4.80. The highest BCUT2D eigenvalue weighted by molar-refractivity contribution is 5.91. The zero-order valence-electron chi connectivity index (χ0n) is 14.5. The molecule has 0 fully saturated rings. The van der Waals surface area contributed by atoms with Crippen LogP contribution in [0, 0.1) is 0 Å². The lowest BCUT2D eigenvalue weighted by molar-refractivity contribution is -0.114. The van der Waals surface area contributed by atoms with Crippen LogP contribution >= 0.6 is 0 Å². The number of carbonyl (C=O) groups is 1. The molecule has 0 radical (unpaired) electrons. The van der Waals surface area contributed by atoms with Crippen molar-refractivity contribution < 1.29 is 18.4 Å². The standard InChI is InChI=1S/C17H16N6O5/c18-7-15(24)20-14-6-5-12(16(19)21-14)23-22-11-3-1-2-4-13(11)26-8-10-9-27-17(25)28-10/h1-6,9H,7-8,18H2,(H3,19,20,21,24). The van der Waals surface area contributed by atoms with E-state index in [0.29, 0.717) is 17.1 Å². The summed E-state index contributed by atoms with van der Waals surface area (Å²) in [7, 11) is 0. The Balaban J connectivity index is 1.73. The van der Waals surface area contributed by atoms with Crippen molar-refractivity contribution in [2.75, 3.05) is 17.6 Å². The molecule has 0 saturated heterocycles. The first-order valence-corrected chi connectivity index (χ1v) is 8.02. The maximum absolute atomic E-state index is 11.3. The van der Waals surface area contributed by atoms with E-state index in [1.807, 2.05) is 0 Å². The van der Waals surface area contributed by atoms with Gasteiger partial charge in [0, 0.05) is 0 Å². The van der Waals surface area contributed by atoms with Gasteiger partial charge in [-0.25, -0.2) is 9.78 Å². The van der Waals surface area contributed by atoms with Gasteiger partial charge in [0.2, 0.25) is 5.91 Å². The molecule has 0 aliphatic heterocycles. The number of para-hydroxylation sites is 1. The van der Waals surface area contributed by atoms with Gasteiger partial charge in [-0.3, -0.25) is 4.79 Å². The Labute approximate surface area is 158 Å². The van der Waals surface area contributed by atoms with E-state index in [-0.39, 0.29) is 36.5 Å². The van der Waals surface area contributed by atoms with Crippen LogP contribution in [-0.2, 0) is 11.4 Å². The van der Waals surface area contributed by atoms with Crippen LogP contribution in [0.1, 0.15) is 5.76 Å². The van der Waals surface area contributed by atoms with Gasteiger partial charge in [-0.1, -0.05) is 12.1 Å². The zero-order chi connectivity index (χ0) is 19.9. The summed E-state index contributed by atoms with van der Waals surface area (Å²) >= 11 is 0. The number of nitrogens with zero attached hydrogens (tertiary/aromatic N) is 3. The number of nitrogens with one attached hydrogen (secondary N) is 1. The van der Waals surface area contributed by atoms with E-state index < -0.39 is 5.82 Å². The molecule has 3 rings (SSSR count). The third-order valence-corrected chi connectivity index (χ3v) is 3.36. The first kappa shape index (κ1) is 18.8. The molecule has 1 aromatic carbocycles. The Morgan fingerprint density at radius 3 is 2.68 bits per heavy atom. The number of carbonyl (C=O) groups excluding carboxylic acids is 1. The summed E-state index contributed by atoms with van der Waals surface area (Å²) in [6, 6.07) is 9.96. The molecule has 5 N–H and O–H groups in total. The molecule has 0 spiro atoms. The van der Waals surface area contributed by atoms with Crippen LogP contribution < -0.4 is 27.3 Å². The van der Waals surface area contributed by atoms with E-state index >= 15 is 0 Å². The minimum absolute atomic E-state index is 0.0164. The highest BCUT2D eigenvalue weighted by Gasteiger charge is 2.08. The van der Waals surface area contributed by atoms with Gasteiger partial charge < -0.3 is 30.4 Å². The van der Waals surface area contributed by atoms with Crippen molar-refractivity contribution in [3.05, 3.63) is 59.0 Å².